The lowest BCUT2D eigenvalue weighted by molar-refractivity contribution is 1.30. The first-order valence-corrected chi connectivity index (χ1v) is 15.4. The molecular weight excluding hydrogens is 332 g/mol. The minimum atomic E-state index is -1.72. The maximum Gasteiger partial charge on any atom is 0.116 e. The SMILES string of the molecule is CC[Si](C)(C)C[Si]1(CC)C(c2ccccc2)=CC=C1c1ccccc1. The minimum absolute atomic E-state index is 1.20. The second-order valence-corrected chi connectivity index (χ2v) is 18.4. The fraction of sp³-hybridized carbons (Fsp3) is 0.304. The Labute approximate surface area is 155 Å². The maximum atomic E-state index is 2.58. The van der Waals surface area contributed by atoms with Crippen molar-refractivity contribution in [2.24, 2.45) is 0 Å². The van der Waals surface area contributed by atoms with Crippen LogP contribution < -0.4 is 0 Å². The van der Waals surface area contributed by atoms with Gasteiger partial charge in [-0.25, -0.2) is 0 Å². The predicted octanol–water partition coefficient (Wildman–Crippen LogP) is 6.98. The van der Waals surface area contributed by atoms with E-state index in [1.807, 2.05) is 0 Å². The normalized spacial score (nSPS) is 16.5. The largest absolute Gasteiger partial charge is 0.116 e. The molecule has 1 aliphatic rings. The molecular formula is C23H30Si2. The quantitative estimate of drug-likeness (QED) is 0.486. The van der Waals surface area contributed by atoms with Crippen molar-refractivity contribution < 1.29 is 0 Å². The third kappa shape index (κ3) is 3.51. The summed E-state index contributed by atoms with van der Waals surface area (Å²) < 4.78 is 0. The lowest BCUT2D eigenvalue weighted by Gasteiger charge is -2.39. The van der Waals surface area contributed by atoms with Crippen LogP contribution in [0.3, 0.4) is 0 Å². The standard InChI is InChI=1S/C23H30Si2/c1-5-24(3,4)19-25(6-2)22(20-13-9-7-10-14-20)17-18-23(25)21-15-11-8-12-16-21/h7-18H,5-6,19H2,1-4H3. The van der Waals surface area contributed by atoms with E-state index in [1.165, 1.54) is 28.9 Å². The van der Waals surface area contributed by atoms with Crippen LogP contribution >= 0.6 is 0 Å². The summed E-state index contributed by atoms with van der Waals surface area (Å²) in [6.45, 7) is 10.0. The molecule has 0 fully saturated rings. The Hall–Kier alpha value is -1.65. The number of hydrogen-bond donors (Lipinski definition) is 0. The van der Waals surface area contributed by atoms with Gasteiger partial charge in [0.1, 0.15) is 8.07 Å². The van der Waals surface area contributed by atoms with Crippen LogP contribution in [0.2, 0.25) is 30.8 Å². The van der Waals surface area contributed by atoms with Crippen LogP contribution in [0.15, 0.2) is 72.8 Å². The van der Waals surface area contributed by atoms with Crippen molar-refractivity contribution in [3.8, 4) is 0 Å². The molecule has 0 unspecified atom stereocenters. The summed E-state index contributed by atoms with van der Waals surface area (Å²) in [6.07, 6.45) is 4.90. The molecule has 2 aromatic carbocycles. The fourth-order valence-electron chi connectivity index (χ4n) is 4.25. The van der Waals surface area contributed by atoms with E-state index in [1.54, 1.807) is 10.4 Å². The van der Waals surface area contributed by atoms with Crippen molar-refractivity contribution in [1.82, 2.24) is 0 Å². The van der Waals surface area contributed by atoms with Gasteiger partial charge in [-0.3, -0.25) is 0 Å². The van der Waals surface area contributed by atoms with Gasteiger partial charge in [0, 0.05) is 8.07 Å². The molecule has 0 spiro atoms. The summed E-state index contributed by atoms with van der Waals surface area (Å²) >= 11 is 0. The van der Waals surface area contributed by atoms with E-state index >= 15 is 0 Å². The van der Waals surface area contributed by atoms with Gasteiger partial charge in [0.2, 0.25) is 0 Å². The van der Waals surface area contributed by atoms with Gasteiger partial charge in [0.25, 0.3) is 0 Å². The summed E-state index contributed by atoms with van der Waals surface area (Å²) in [5.74, 6) is 0. The molecule has 0 radical (unpaired) electrons. The monoisotopic (exact) mass is 362 g/mol. The Morgan fingerprint density at radius 2 is 1.16 bits per heavy atom. The van der Waals surface area contributed by atoms with Crippen LogP contribution in [0.5, 0.6) is 0 Å². The van der Waals surface area contributed by atoms with Crippen LogP contribution in [-0.2, 0) is 0 Å². The van der Waals surface area contributed by atoms with Crippen molar-refractivity contribution in [1.29, 1.82) is 0 Å². The highest BCUT2D eigenvalue weighted by Gasteiger charge is 2.46. The van der Waals surface area contributed by atoms with Crippen molar-refractivity contribution in [2.75, 3.05) is 0 Å². The van der Waals surface area contributed by atoms with Crippen LogP contribution in [0.1, 0.15) is 25.0 Å². The lowest BCUT2D eigenvalue weighted by atomic mass is 10.2. The van der Waals surface area contributed by atoms with Gasteiger partial charge < -0.3 is 0 Å². The summed E-state index contributed by atoms with van der Waals surface area (Å²) in [5.41, 5.74) is 4.34. The molecule has 0 saturated heterocycles. The van der Waals surface area contributed by atoms with Gasteiger partial charge in [-0.1, -0.05) is 118 Å². The van der Waals surface area contributed by atoms with Crippen molar-refractivity contribution in [3.63, 3.8) is 0 Å². The van der Waals surface area contributed by atoms with Gasteiger partial charge in [-0.2, -0.15) is 0 Å². The van der Waals surface area contributed by atoms with Gasteiger partial charge >= 0.3 is 0 Å². The molecule has 25 heavy (non-hydrogen) atoms. The zero-order chi connectivity index (χ0) is 17.9. The Kier molecular flexibility index (Phi) is 5.30. The molecule has 0 saturated carbocycles. The molecule has 2 aromatic rings. The van der Waals surface area contributed by atoms with E-state index in [0.29, 0.717) is 0 Å². The van der Waals surface area contributed by atoms with Crippen LogP contribution in [-0.4, -0.2) is 16.1 Å². The van der Waals surface area contributed by atoms with E-state index in [4.69, 9.17) is 0 Å². The first kappa shape index (κ1) is 18.2. The van der Waals surface area contributed by atoms with Crippen LogP contribution in [0.25, 0.3) is 10.4 Å². The molecule has 0 nitrogen and oxygen atoms in total. The van der Waals surface area contributed by atoms with Gasteiger partial charge in [-0.15, -0.1) is 0 Å². The van der Waals surface area contributed by atoms with Crippen LogP contribution in [0, 0.1) is 0 Å². The third-order valence-electron chi connectivity index (χ3n) is 5.96. The molecule has 1 aliphatic heterocycles. The summed E-state index contributed by atoms with van der Waals surface area (Å²) in [6, 6.07) is 24.9. The molecule has 3 rings (SSSR count). The van der Waals surface area contributed by atoms with Crippen molar-refractivity contribution in [3.05, 3.63) is 83.9 Å². The van der Waals surface area contributed by atoms with Gasteiger partial charge in [0.05, 0.1) is 0 Å². The summed E-state index contributed by atoms with van der Waals surface area (Å²) in [7, 11) is -2.92. The molecule has 0 amide bonds. The van der Waals surface area contributed by atoms with Crippen molar-refractivity contribution >= 4 is 26.5 Å². The molecule has 1 heterocycles. The topological polar surface area (TPSA) is 0 Å². The zero-order valence-electron chi connectivity index (χ0n) is 16.0. The number of hydrogen-bond acceptors (Lipinski definition) is 0. The van der Waals surface area contributed by atoms with Gasteiger partial charge in [0.15, 0.2) is 0 Å². The summed E-state index contributed by atoms with van der Waals surface area (Å²) in [5, 5.41) is 3.31. The molecule has 0 bridgehead atoms. The fourth-order valence-corrected chi connectivity index (χ4v) is 17.6. The van der Waals surface area contributed by atoms with Gasteiger partial charge in [-0.05, 0) is 21.5 Å². The Morgan fingerprint density at radius 3 is 1.52 bits per heavy atom. The second-order valence-electron chi connectivity index (χ2n) is 8.02. The van der Waals surface area contributed by atoms with E-state index in [-0.39, 0.29) is 0 Å². The van der Waals surface area contributed by atoms with E-state index in [2.05, 4.69) is 99.8 Å². The van der Waals surface area contributed by atoms with E-state index < -0.39 is 16.1 Å². The molecule has 0 aromatic heterocycles. The molecule has 0 aliphatic carbocycles. The second kappa shape index (κ2) is 7.31. The number of rotatable bonds is 6. The molecule has 0 atom stereocenters. The van der Waals surface area contributed by atoms with E-state index in [0.717, 1.165) is 0 Å². The smallest absolute Gasteiger partial charge is 0.0695 e. The third-order valence-corrected chi connectivity index (χ3v) is 18.3. The summed E-state index contributed by atoms with van der Waals surface area (Å²) in [4.78, 5) is 0. The first-order chi connectivity index (χ1) is 12.0. The average molecular weight is 363 g/mol. The molecule has 0 N–H and O–H groups in total. The Bertz CT molecular complexity index is 715. The minimum Gasteiger partial charge on any atom is -0.0695 e. The zero-order valence-corrected chi connectivity index (χ0v) is 18.0. The maximum absolute atomic E-state index is 2.58. The van der Waals surface area contributed by atoms with Crippen LogP contribution in [0.4, 0.5) is 0 Å². The van der Waals surface area contributed by atoms with E-state index in [9.17, 15) is 0 Å². The Balaban J connectivity index is 2.12. The Morgan fingerprint density at radius 1 is 0.720 bits per heavy atom. The highest BCUT2D eigenvalue weighted by molar-refractivity contribution is 7.17. The molecule has 130 valence electrons. The average Bonchev–Trinajstić information content (AvgIpc) is 3.02. The highest BCUT2D eigenvalue weighted by atomic mass is 28.4. The number of benzene rings is 2. The highest BCUT2D eigenvalue weighted by Crippen LogP contribution is 2.48. The molecule has 2 heteroatoms. The predicted molar refractivity (Wildman–Crippen MR) is 118 cm³/mol. The van der Waals surface area contributed by atoms with Crippen molar-refractivity contribution in [2.45, 2.75) is 44.7 Å². The number of allylic oxidation sites excluding steroid dienone is 2. The lowest BCUT2D eigenvalue weighted by Crippen LogP contribution is -2.44. The first-order valence-electron chi connectivity index (χ1n) is 9.56.